The molecule has 1 aromatic heterocycles. The first-order valence-corrected chi connectivity index (χ1v) is 9.31. The van der Waals surface area contributed by atoms with E-state index < -0.39 is 0 Å². The topological polar surface area (TPSA) is 133 Å². The molecule has 1 aliphatic carbocycles. The van der Waals surface area contributed by atoms with Crippen molar-refractivity contribution in [3.63, 3.8) is 0 Å². The van der Waals surface area contributed by atoms with E-state index in [1.165, 1.54) is 0 Å². The van der Waals surface area contributed by atoms with E-state index in [1.54, 1.807) is 25.1 Å². The number of imidazole rings is 1. The summed E-state index contributed by atoms with van der Waals surface area (Å²) < 4.78 is 12.3. The number of ether oxygens (including phenoxy) is 2. The molecule has 3 aromatic rings. The third kappa shape index (κ3) is 3.30. The van der Waals surface area contributed by atoms with Gasteiger partial charge in [0.2, 0.25) is 5.95 Å². The zero-order valence-electron chi connectivity index (χ0n) is 16.7. The Hall–Kier alpha value is -4.01. The minimum absolute atomic E-state index is 0.0858. The van der Waals surface area contributed by atoms with Crippen LogP contribution in [-0.2, 0) is 6.42 Å². The van der Waals surface area contributed by atoms with Crippen molar-refractivity contribution in [1.29, 1.82) is 0 Å². The number of methoxy groups -OCH3 is 2. The second kappa shape index (κ2) is 7.78. The number of nitrogens with two attached hydrogens (primary N) is 2. The summed E-state index contributed by atoms with van der Waals surface area (Å²) in [6.07, 6.45) is 3.21. The number of nitrogens with zero attached hydrogens (tertiary/aromatic N) is 4. The summed E-state index contributed by atoms with van der Waals surface area (Å²) in [6, 6.07) is 11.1. The van der Waals surface area contributed by atoms with Crippen LogP contribution in [0, 0.1) is 0 Å². The van der Waals surface area contributed by atoms with Gasteiger partial charge in [0.15, 0.2) is 5.84 Å². The Morgan fingerprint density at radius 1 is 1.13 bits per heavy atom. The van der Waals surface area contributed by atoms with E-state index in [-0.39, 0.29) is 11.8 Å². The Morgan fingerprint density at radius 2 is 1.97 bits per heavy atom. The van der Waals surface area contributed by atoms with Gasteiger partial charge >= 0.3 is 0 Å². The second-order valence-corrected chi connectivity index (χ2v) is 6.76. The largest absolute Gasteiger partial charge is 0.497 e. The highest BCUT2D eigenvalue weighted by molar-refractivity contribution is 6.09. The Kier molecular flexibility index (Phi) is 5.01. The number of aromatic nitrogens is 2. The molecular formula is C21H22N6O3. The number of fused-ring (bicyclic) bond motifs is 1. The number of benzene rings is 2. The van der Waals surface area contributed by atoms with Crippen molar-refractivity contribution in [2.24, 2.45) is 16.0 Å². The number of nitrogen functional groups attached to an aromatic ring is 1. The van der Waals surface area contributed by atoms with Crippen LogP contribution in [0.25, 0.3) is 11.3 Å². The zero-order valence-corrected chi connectivity index (χ0v) is 16.7. The van der Waals surface area contributed by atoms with Crippen LogP contribution in [0.3, 0.4) is 0 Å². The van der Waals surface area contributed by atoms with Crippen molar-refractivity contribution >= 4 is 17.5 Å². The van der Waals surface area contributed by atoms with Gasteiger partial charge in [-0.2, -0.15) is 5.10 Å². The maximum absolute atomic E-state index is 9.03. The maximum atomic E-state index is 9.03. The summed E-state index contributed by atoms with van der Waals surface area (Å²) >= 11 is 0. The summed E-state index contributed by atoms with van der Waals surface area (Å²) in [5, 5.41) is 16.9. The molecule has 30 heavy (non-hydrogen) atoms. The molecule has 0 saturated heterocycles. The van der Waals surface area contributed by atoms with Crippen LogP contribution in [0.1, 0.15) is 23.1 Å². The van der Waals surface area contributed by atoms with Gasteiger partial charge in [-0.05, 0) is 36.6 Å². The number of rotatable bonds is 5. The number of amidine groups is 1. The molecule has 0 amide bonds. The Labute approximate surface area is 173 Å². The second-order valence-electron chi connectivity index (χ2n) is 6.76. The summed E-state index contributed by atoms with van der Waals surface area (Å²) in [4.78, 5) is 4.45. The molecule has 0 saturated carbocycles. The zero-order chi connectivity index (χ0) is 21.3. The van der Waals surface area contributed by atoms with Gasteiger partial charge in [0.05, 0.1) is 31.8 Å². The molecule has 0 fully saturated rings. The van der Waals surface area contributed by atoms with Gasteiger partial charge in [0.1, 0.15) is 11.5 Å². The highest BCUT2D eigenvalue weighted by Crippen LogP contribution is 2.33. The molecule has 0 radical (unpaired) electrons. The fourth-order valence-corrected chi connectivity index (χ4v) is 3.64. The molecule has 1 aliphatic rings. The molecule has 0 unspecified atom stereocenters. The van der Waals surface area contributed by atoms with Gasteiger partial charge in [0, 0.05) is 16.7 Å². The van der Waals surface area contributed by atoms with E-state index in [9.17, 15) is 0 Å². The van der Waals surface area contributed by atoms with Crippen LogP contribution in [0.2, 0.25) is 0 Å². The van der Waals surface area contributed by atoms with Crippen LogP contribution in [0.15, 0.2) is 52.9 Å². The molecule has 9 nitrogen and oxygen atoms in total. The standard InChI is InChI=1S/C21H22N6O3/c1-29-12-6-9-19(30-2)16(10-12)18-11-27(21(23)24-18)25-17-8-7-13-14(17)4-3-5-15(13)20(22)26-28/h3-6,9-11,28H,7-8H2,1-2H3,(H2,22,26)(H2,23,24)/b25-17+. The molecule has 4 rings (SSSR count). The lowest BCUT2D eigenvalue weighted by Crippen LogP contribution is -2.15. The Morgan fingerprint density at radius 3 is 2.70 bits per heavy atom. The smallest absolute Gasteiger partial charge is 0.221 e. The molecule has 0 bridgehead atoms. The summed E-state index contributed by atoms with van der Waals surface area (Å²) in [7, 11) is 3.20. The normalized spacial score (nSPS) is 14.7. The molecule has 1 heterocycles. The first-order chi connectivity index (χ1) is 14.5. The summed E-state index contributed by atoms with van der Waals surface area (Å²) in [6.45, 7) is 0. The molecule has 5 N–H and O–H groups in total. The van der Waals surface area contributed by atoms with Crippen LogP contribution < -0.4 is 20.9 Å². The van der Waals surface area contributed by atoms with E-state index in [0.29, 0.717) is 29.2 Å². The van der Waals surface area contributed by atoms with Crippen molar-refractivity contribution in [2.45, 2.75) is 12.8 Å². The van der Waals surface area contributed by atoms with Gasteiger partial charge in [0.25, 0.3) is 0 Å². The minimum atomic E-state index is 0.0858. The van der Waals surface area contributed by atoms with E-state index in [4.69, 9.17) is 31.2 Å². The minimum Gasteiger partial charge on any atom is -0.497 e. The van der Waals surface area contributed by atoms with Gasteiger partial charge in [-0.25, -0.2) is 9.66 Å². The van der Waals surface area contributed by atoms with Crippen LogP contribution in [-0.4, -0.2) is 40.6 Å². The van der Waals surface area contributed by atoms with Crippen LogP contribution in [0.4, 0.5) is 5.95 Å². The average Bonchev–Trinajstić information content (AvgIpc) is 3.36. The van der Waals surface area contributed by atoms with Gasteiger partial charge in [-0.3, -0.25) is 0 Å². The van der Waals surface area contributed by atoms with Crippen molar-refractivity contribution in [2.75, 3.05) is 20.0 Å². The molecule has 154 valence electrons. The van der Waals surface area contributed by atoms with Crippen molar-refractivity contribution < 1.29 is 14.7 Å². The third-order valence-electron chi connectivity index (χ3n) is 5.11. The lowest BCUT2D eigenvalue weighted by Gasteiger charge is -2.08. The van der Waals surface area contributed by atoms with E-state index in [1.807, 2.05) is 36.4 Å². The quantitative estimate of drug-likeness (QED) is 0.258. The molecular weight excluding hydrogens is 384 g/mol. The highest BCUT2D eigenvalue weighted by atomic mass is 16.5. The number of hydrogen-bond donors (Lipinski definition) is 3. The first kappa shape index (κ1) is 19.3. The lowest BCUT2D eigenvalue weighted by molar-refractivity contribution is 0.318. The van der Waals surface area contributed by atoms with Crippen molar-refractivity contribution in [3.05, 3.63) is 59.3 Å². The SMILES string of the molecule is COc1ccc(OC)c(-c2cn(/N=C3\CCc4c(/C(N)=N/O)cccc43)c(N)n2)c1. The number of hydrogen-bond acceptors (Lipinski definition) is 7. The molecule has 2 aromatic carbocycles. The van der Waals surface area contributed by atoms with Crippen LogP contribution >= 0.6 is 0 Å². The van der Waals surface area contributed by atoms with Crippen LogP contribution in [0.5, 0.6) is 11.5 Å². The molecule has 0 spiro atoms. The monoisotopic (exact) mass is 406 g/mol. The number of oxime groups is 1. The van der Waals surface area contributed by atoms with E-state index in [0.717, 1.165) is 28.8 Å². The predicted octanol–water partition coefficient (Wildman–Crippen LogP) is 2.44. The molecule has 9 heteroatoms. The van der Waals surface area contributed by atoms with E-state index in [2.05, 4.69) is 10.1 Å². The fourth-order valence-electron chi connectivity index (χ4n) is 3.64. The summed E-state index contributed by atoms with van der Waals surface area (Å²) in [5.41, 5.74) is 16.8. The van der Waals surface area contributed by atoms with Crippen molar-refractivity contribution in [1.82, 2.24) is 9.66 Å². The van der Waals surface area contributed by atoms with Gasteiger partial charge in [-0.15, -0.1) is 0 Å². The van der Waals surface area contributed by atoms with Gasteiger partial charge in [-0.1, -0.05) is 23.4 Å². The van der Waals surface area contributed by atoms with Crippen molar-refractivity contribution in [3.8, 4) is 22.8 Å². The first-order valence-electron chi connectivity index (χ1n) is 9.31. The fraction of sp³-hybridized carbons (Fsp3) is 0.190. The predicted molar refractivity (Wildman–Crippen MR) is 114 cm³/mol. The third-order valence-corrected chi connectivity index (χ3v) is 5.11. The molecule has 0 atom stereocenters. The van der Waals surface area contributed by atoms with Gasteiger partial charge < -0.3 is 26.1 Å². The Bertz CT molecular complexity index is 1170. The maximum Gasteiger partial charge on any atom is 0.221 e. The Balaban J connectivity index is 1.75. The lowest BCUT2D eigenvalue weighted by atomic mass is 10.0. The summed E-state index contributed by atoms with van der Waals surface area (Å²) in [5.74, 6) is 1.68. The van der Waals surface area contributed by atoms with E-state index >= 15 is 0 Å². The average molecular weight is 406 g/mol. The highest BCUT2D eigenvalue weighted by Gasteiger charge is 2.23. The molecule has 0 aliphatic heterocycles. The number of anilines is 1.